The molecule has 2 aromatic carbocycles. The van der Waals surface area contributed by atoms with Crippen LogP contribution >= 0.6 is 0 Å². The van der Waals surface area contributed by atoms with Crippen molar-refractivity contribution in [1.29, 1.82) is 5.26 Å². The molecule has 0 radical (unpaired) electrons. The highest BCUT2D eigenvalue weighted by Crippen LogP contribution is 2.43. The third kappa shape index (κ3) is 4.83. The smallest absolute Gasteiger partial charge is 0.306 e. The Morgan fingerprint density at radius 3 is 2.51 bits per heavy atom. The van der Waals surface area contributed by atoms with Crippen molar-refractivity contribution >= 4 is 17.3 Å². The lowest BCUT2D eigenvalue weighted by atomic mass is 9.77. The average molecular weight is 501 g/mol. The van der Waals surface area contributed by atoms with Crippen LogP contribution in [0, 0.1) is 38.0 Å². The monoisotopic (exact) mass is 500 g/mol. The lowest BCUT2D eigenvalue weighted by molar-refractivity contribution is -0.143. The summed E-state index contributed by atoms with van der Waals surface area (Å²) in [6.45, 7) is 5.30. The number of aromatic hydroxyl groups is 2. The van der Waals surface area contributed by atoms with Gasteiger partial charge in [-0.05, 0) is 80.8 Å². The van der Waals surface area contributed by atoms with E-state index in [0.717, 1.165) is 28.5 Å². The van der Waals surface area contributed by atoms with Crippen LogP contribution < -0.4 is 5.56 Å². The predicted octanol–water partition coefficient (Wildman–Crippen LogP) is 5.82. The highest BCUT2D eigenvalue weighted by atomic mass is 16.4. The molecule has 0 spiro atoms. The van der Waals surface area contributed by atoms with E-state index >= 15 is 0 Å². The fourth-order valence-corrected chi connectivity index (χ4v) is 4.88. The molecule has 4 rings (SSSR count). The molecule has 1 aromatic heterocycles. The van der Waals surface area contributed by atoms with Crippen LogP contribution in [0.2, 0.25) is 0 Å². The Hall–Kier alpha value is -4.45. The molecule has 2 atom stereocenters. The number of aryl methyl sites for hydroxylation is 2. The summed E-state index contributed by atoms with van der Waals surface area (Å²) >= 11 is 0. The second-order valence-corrected chi connectivity index (χ2v) is 9.51. The average Bonchev–Trinajstić information content (AvgIpc) is 2.87. The van der Waals surface area contributed by atoms with Gasteiger partial charge in [-0.3, -0.25) is 9.59 Å². The Bertz CT molecular complexity index is 1520. The lowest BCUT2D eigenvalue weighted by Gasteiger charge is -2.27. The van der Waals surface area contributed by atoms with Crippen molar-refractivity contribution in [2.45, 2.75) is 52.4 Å². The second kappa shape index (κ2) is 10.3. The topological polar surface area (TPSA) is 148 Å². The largest absolute Gasteiger partial charge is 0.505 e. The number of para-hydroxylation sites is 1. The van der Waals surface area contributed by atoms with Crippen molar-refractivity contribution in [3.8, 4) is 23.4 Å². The Kier molecular flexibility index (Phi) is 7.11. The van der Waals surface area contributed by atoms with E-state index in [9.17, 15) is 30.2 Å². The minimum Gasteiger partial charge on any atom is -0.505 e. The number of carboxylic acids is 1. The van der Waals surface area contributed by atoms with E-state index in [1.807, 2.05) is 26.0 Å². The number of nitrogens with zero attached hydrogens (tertiary/aromatic N) is 4. The number of nitriles is 1. The molecule has 1 fully saturated rings. The van der Waals surface area contributed by atoms with Gasteiger partial charge in [0.15, 0.2) is 5.69 Å². The summed E-state index contributed by atoms with van der Waals surface area (Å²) in [5.41, 5.74) is 2.27. The number of benzene rings is 2. The number of rotatable bonds is 5. The molecule has 1 aliphatic carbocycles. The minimum absolute atomic E-state index is 0.105. The van der Waals surface area contributed by atoms with Crippen LogP contribution in [0.3, 0.4) is 0 Å². The van der Waals surface area contributed by atoms with Gasteiger partial charge in [0, 0.05) is 5.56 Å². The molecule has 1 heterocycles. The zero-order chi connectivity index (χ0) is 26.9. The van der Waals surface area contributed by atoms with Crippen LogP contribution in [0.4, 0.5) is 11.4 Å². The number of carbonyl (C=O) groups is 1. The molecule has 3 N–H and O–H groups in total. The summed E-state index contributed by atoms with van der Waals surface area (Å²) in [5.74, 6) is -2.03. The molecule has 0 aliphatic heterocycles. The van der Waals surface area contributed by atoms with Gasteiger partial charge < -0.3 is 15.3 Å². The summed E-state index contributed by atoms with van der Waals surface area (Å²) in [6.07, 6.45) is 2.53. The van der Waals surface area contributed by atoms with Gasteiger partial charge in [0.2, 0.25) is 5.88 Å². The van der Waals surface area contributed by atoms with E-state index < -0.39 is 23.3 Å². The molecule has 2 unspecified atom stereocenters. The number of aliphatic carboxylic acids is 1. The number of aromatic nitrogens is 1. The normalized spacial score (nSPS) is 17.6. The summed E-state index contributed by atoms with van der Waals surface area (Å²) < 4.78 is 1.02. The highest BCUT2D eigenvalue weighted by molar-refractivity contribution is 5.70. The van der Waals surface area contributed by atoms with Crippen LogP contribution in [0.1, 0.15) is 59.4 Å². The van der Waals surface area contributed by atoms with E-state index in [2.05, 4.69) is 10.2 Å². The van der Waals surface area contributed by atoms with Crippen molar-refractivity contribution in [1.82, 2.24) is 4.57 Å². The van der Waals surface area contributed by atoms with Gasteiger partial charge in [0.25, 0.3) is 5.56 Å². The molecule has 190 valence electrons. The molecule has 37 heavy (non-hydrogen) atoms. The second-order valence-electron chi connectivity index (χ2n) is 9.51. The van der Waals surface area contributed by atoms with E-state index in [0.29, 0.717) is 24.1 Å². The first-order valence-electron chi connectivity index (χ1n) is 12.1. The molecular formula is C28H28N4O5. The van der Waals surface area contributed by atoms with Crippen LogP contribution in [-0.2, 0) is 4.79 Å². The van der Waals surface area contributed by atoms with E-state index in [4.69, 9.17) is 0 Å². The van der Waals surface area contributed by atoms with Crippen molar-refractivity contribution in [3.63, 3.8) is 0 Å². The first-order chi connectivity index (χ1) is 17.6. The fourth-order valence-electron chi connectivity index (χ4n) is 4.88. The Morgan fingerprint density at radius 1 is 1.08 bits per heavy atom. The Labute approximate surface area is 214 Å². The summed E-state index contributed by atoms with van der Waals surface area (Å²) in [4.78, 5) is 24.9. The predicted molar refractivity (Wildman–Crippen MR) is 137 cm³/mol. The summed E-state index contributed by atoms with van der Waals surface area (Å²) in [5, 5.41) is 49.0. The van der Waals surface area contributed by atoms with Crippen LogP contribution in [-0.4, -0.2) is 25.9 Å². The number of azo groups is 1. The SMILES string of the molecule is Cc1ccc(-n2c(O)c(C#N)c(C)c(N=Nc3cccc(C4CCCC(C(=O)O)C4)c3O)c2=O)cc1C. The lowest BCUT2D eigenvalue weighted by Crippen LogP contribution is -2.21. The molecule has 0 amide bonds. The van der Waals surface area contributed by atoms with Gasteiger partial charge in [0.05, 0.1) is 11.6 Å². The third-order valence-corrected chi connectivity index (χ3v) is 7.20. The Morgan fingerprint density at radius 2 is 1.84 bits per heavy atom. The third-order valence-electron chi connectivity index (χ3n) is 7.20. The molecule has 0 saturated heterocycles. The molecule has 3 aromatic rings. The maximum Gasteiger partial charge on any atom is 0.306 e. The van der Waals surface area contributed by atoms with Gasteiger partial charge in [-0.2, -0.15) is 5.26 Å². The molecule has 1 saturated carbocycles. The molecular weight excluding hydrogens is 472 g/mol. The van der Waals surface area contributed by atoms with Gasteiger partial charge in [-0.25, -0.2) is 4.57 Å². The molecule has 9 heteroatoms. The van der Waals surface area contributed by atoms with E-state index in [-0.39, 0.29) is 34.2 Å². The summed E-state index contributed by atoms with van der Waals surface area (Å²) in [6, 6.07) is 12.1. The van der Waals surface area contributed by atoms with Gasteiger partial charge in [-0.15, -0.1) is 10.2 Å². The zero-order valence-corrected chi connectivity index (χ0v) is 20.9. The van der Waals surface area contributed by atoms with Crippen molar-refractivity contribution in [2.75, 3.05) is 0 Å². The van der Waals surface area contributed by atoms with E-state index in [1.165, 1.54) is 6.92 Å². The number of hydrogen-bond donors (Lipinski definition) is 3. The van der Waals surface area contributed by atoms with Crippen molar-refractivity contribution in [3.05, 3.63) is 74.6 Å². The van der Waals surface area contributed by atoms with Crippen LogP contribution in [0.25, 0.3) is 5.69 Å². The number of hydrogen-bond acceptors (Lipinski definition) is 7. The zero-order valence-electron chi connectivity index (χ0n) is 20.9. The van der Waals surface area contributed by atoms with Crippen LogP contribution in [0.5, 0.6) is 11.6 Å². The van der Waals surface area contributed by atoms with Gasteiger partial charge in [-0.1, -0.05) is 24.6 Å². The maximum atomic E-state index is 13.4. The van der Waals surface area contributed by atoms with E-state index in [1.54, 1.807) is 30.3 Å². The van der Waals surface area contributed by atoms with Crippen molar-refractivity contribution < 1.29 is 20.1 Å². The minimum atomic E-state index is -0.837. The molecule has 9 nitrogen and oxygen atoms in total. The fraction of sp³-hybridized carbons (Fsp3) is 0.321. The number of carboxylic acid groups (broad SMARTS) is 1. The standard InChI is InChI=1S/C28H28N4O5/c1-15-10-11-20(12-16(15)2)32-26(34)22(14-29)17(3)24(27(32)35)31-30-23-9-5-8-21(25(23)33)18-6-4-7-19(13-18)28(36)37/h5,8-12,18-19,33-34H,4,6-7,13H2,1-3H3,(H,36,37). The van der Waals surface area contributed by atoms with Gasteiger partial charge >= 0.3 is 5.97 Å². The highest BCUT2D eigenvalue weighted by Gasteiger charge is 2.29. The van der Waals surface area contributed by atoms with Crippen molar-refractivity contribution in [2.24, 2.45) is 16.1 Å². The first kappa shape index (κ1) is 25.6. The quantitative estimate of drug-likeness (QED) is 0.376. The number of phenols is 1. The van der Waals surface area contributed by atoms with Crippen LogP contribution in [0.15, 0.2) is 51.4 Å². The molecule has 0 bridgehead atoms. The first-order valence-corrected chi connectivity index (χ1v) is 12.1. The Balaban J connectivity index is 1.78. The molecule has 1 aliphatic rings. The number of pyridine rings is 1. The number of phenolic OH excluding ortho intramolecular Hbond substituents is 1. The van der Waals surface area contributed by atoms with Gasteiger partial charge in [0.1, 0.15) is 23.1 Å². The summed E-state index contributed by atoms with van der Waals surface area (Å²) in [7, 11) is 0. The maximum absolute atomic E-state index is 13.4.